The number of hydrogen-bond donors (Lipinski definition) is 2. The molecule has 0 aromatic heterocycles. The molecule has 0 bridgehead atoms. The molecule has 7 heteroatoms. The minimum Gasteiger partial charge on any atom is -0.508 e. The second-order valence-corrected chi connectivity index (χ2v) is 9.25. The molecule has 2 unspecified atom stereocenters. The molecular formula is C36H38O7. The highest BCUT2D eigenvalue weighted by molar-refractivity contribution is 5.81. The molecule has 0 spiro atoms. The van der Waals surface area contributed by atoms with E-state index in [0.717, 1.165) is 34.6 Å². The maximum Gasteiger partial charge on any atom is 0.330 e. The molecule has 0 heterocycles. The molecule has 0 radical (unpaired) electrons. The third-order valence-corrected chi connectivity index (χ3v) is 5.53. The van der Waals surface area contributed by atoms with Gasteiger partial charge >= 0.3 is 11.9 Å². The summed E-state index contributed by atoms with van der Waals surface area (Å²) in [4.78, 5) is 21.2. The minimum atomic E-state index is -0.603. The lowest BCUT2D eigenvalue weighted by molar-refractivity contribution is -0.140. The normalized spacial score (nSPS) is 11.1. The van der Waals surface area contributed by atoms with Gasteiger partial charge < -0.3 is 24.4 Å². The zero-order chi connectivity index (χ0) is 31.5. The molecule has 4 rings (SSSR count). The maximum atomic E-state index is 11.0. The van der Waals surface area contributed by atoms with Crippen molar-refractivity contribution in [3.8, 4) is 33.8 Å². The number of benzene rings is 4. The fourth-order valence-electron chi connectivity index (χ4n) is 3.43. The molecule has 0 aliphatic rings. The maximum absolute atomic E-state index is 11.0. The highest BCUT2D eigenvalue weighted by Gasteiger charge is 2.07. The first-order valence-corrected chi connectivity index (χ1v) is 13.6. The Morgan fingerprint density at radius 3 is 1.47 bits per heavy atom. The van der Waals surface area contributed by atoms with Crippen LogP contribution in [0.2, 0.25) is 0 Å². The van der Waals surface area contributed by atoms with Crippen LogP contribution in [0, 0.1) is 0 Å². The van der Waals surface area contributed by atoms with Crippen molar-refractivity contribution in [1.82, 2.24) is 0 Å². The average molecular weight is 583 g/mol. The third-order valence-electron chi connectivity index (χ3n) is 5.53. The number of ether oxygens (including phenoxy) is 3. The van der Waals surface area contributed by atoms with Gasteiger partial charge in [-0.1, -0.05) is 98.1 Å². The Labute approximate surface area is 253 Å². The average Bonchev–Trinajstić information content (AvgIpc) is 3.04. The van der Waals surface area contributed by atoms with Crippen LogP contribution in [0.1, 0.15) is 13.8 Å². The lowest BCUT2D eigenvalue weighted by atomic mass is 10.1. The monoisotopic (exact) mass is 582 g/mol. The Hall–Kier alpha value is -5.14. The SMILES string of the molecule is C=CC(=O)OCC(C)O.C=CC(=O)OCC(C)Oc1ccc(-c2ccccc2)cc1.Oc1ccc(-c2ccccc2)cc1. The molecule has 0 saturated carbocycles. The van der Waals surface area contributed by atoms with E-state index in [1.54, 1.807) is 12.1 Å². The van der Waals surface area contributed by atoms with Crippen LogP contribution in [0.4, 0.5) is 0 Å². The molecule has 0 amide bonds. The lowest BCUT2D eigenvalue weighted by Crippen LogP contribution is -2.20. The van der Waals surface area contributed by atoms with Gasteiger partial charge in [-0.25, -0.2) is 9.59 Å². The Balaban J connectivity index is 0.000000250. The first-order chi connectivity index (χ1) is 20.7. The number of hydrogen-bond acceptors (Lipinski definition) is 7. The molecule has 0 saturated heterocycles. The van der Waals surface area contributed by atoms with Gasteiger partial charge in [0.15, 0.2) is 0 Å². The van der Waals surface area contributed by atoms with Crippen molar-refractivity contribution in [3.05, 3.63) is 135 Å². The molecule has 0 fully saturated rings. The van der Waals surface area contributed by atoms with E-state index in [2.05, 4.69) is 30.0 Å². The topological polar surface area (TPSA) is 102 Å². The van der Waals surface area contributed by atoms with Gasteiger partial charge in [0.1, 0.15) is 30.8 Å². The fraction of sp³-hybridized carbons (Fsp3) is 0.167. The molecule has 0 aliphatic heterocycles. The van der Waals surface area contributed by atoms with Gasteiger partial charge in [-0.3, -0.25) is 0 Å². The zero-order valence-corrected chi connectivity index (χ0v) is 24.5. The minimum absolute atomic E-state index is 0.0326. The molecule has 0 aliphatic carbocycles. The Bertz CT molecular complexity index is 1380. The number of esters is 2. The number of carbonyl (C=O) groups is 2. The van der Waals surface area contributed by atoms with Gasteiger partial charge in [-0.2, -0.15) is 0 Å². The van der Waals surface area contributed by atoms with Crippen LogP contribution in [-0.4, -0.2) is 47.6 Å². The predicted molar refractivity (Wildman–Crippen MR) is 170 cm³/mol. The van der Waals surface area contributed by atoms with Gasteiger partial charge in [-0.15, -0.1) is 0 Å². The molecule has 7 nitrogen and oxygen atoms in total. The van der Waals surface area contributed by atoms with Crippen molar-refractivity contribution < 1.29 is 34.0 Å². The van der Waals surface area contributed by atoms with E-state index in [9.17, 15) is 9.59 Å². The van der Waals surface area contributed by atoms with Crippen molar-refractivity contribution >= 4 is 11.9 Å². The lowest BCUT2D eigenvalue weighted by Gasteiger charge is -2.14. The fourth-order valence-corrected chi connectivity index (χ4v) is 3.43. The molecular weight excluding hydrogens is 544 g/mol. The number of aliphatic hydroxyl groups excluding tert-OH is 1. The summed E-state index contributed by atoms with van der Waals surface area (Å²) in [5.41, 5.74) is 4.59. The number of phenols is 1. The van der Waals surface area contributed by atoms with Crippen LogP contribution in [0.25, 0.3) is 22.3 Å². The zero-order valence-electron chi connectivity index (χ0n) is 24.5. The largest absolute Gasteiger partial charge is 0.508 e. The number of aliphatic hydroxyl groups is 1. The summed E-state index contributed by atoms with van der Waals surface area (Å²) < 4.78 is 15.1. The van der Waals surface area contributed by atoms with Gasteiger partial charge in [0.25, 0.3) is 0 Å². The van der Waals surface area contributed by atoms with Gasteiger partial charge in [0, 0.05) is 12.2 Å². The van der Waals surface area contributed by atoms with Crippen molar-refractivity contribution in [2.45, 2.75) is 26.1 Å². The highest BCUT2D eigenvalue weighted by Crippen LogP contribution is 2.23. The van der Waals surface area contributed by atoms with Crippen LogP contribution >= 0.6 is 0 Å². The van der Waals surface area contributed by atoms with E-state index < -0.39 is 18.0 Å². The van der Waals surface area contributed by atoms with E-state index in [-0.39, 0.29) is 19.3 Å². The number of aromatic hydroxyl groups is 1. The molecule has 2 N–H and O–H groups in total. The van der Waals surface area contributed by atoms with Gasteiger partial charge in [0.2, 0.25) is 0 Å². The van der Waals surface area contributed by atoms with Crippen LogP contribution in [-0.2, 0) is 19.1 Å². The van der Waals surface area contributed by atoms with Crippen LogP contribution in [0.15, 0.2) is 135 Å². The quantitative estimate of drug-likeness (QED) is 0.153. The predicted octanol–water partition coefficient (Wildman–Crippen LogP) is 7.01. The van der Waals surface area contributed by atoms with Crippen molar-refractivity contribution in [2.75, 3.05) is 13.2 Å². The summed E-state index contributed by atoms with van der Waals surface area (Å²) in [6.07, 6.45) is 1.38. The van der Waals surface area contributed by atoms with E-state index in [1.165, 1.54) is 12.5 Å². The van der Waals surface area contributed by atoms with Crippen molar-refractivity contribution in [3.63, 3.8) is 0 Å². The summed E-state index contributed by atoms with van der Waals surface area (Å²) in [7, 11) is 0. The van der Waals surface area contributed by atoms with Crippen LogP contribution < -0.4 is 4.74 Å². The van der Waals surface area contributed by atoms with Crippen molar-refractivity contribution in [1.29, 1.82) is 0 Å². The Morgan fingerprint density at radius 2 is 1.05 bits per heavy atom. The number of phenolic OH excluding ortho intramolecular Hbond substituents is 1. The van der Waals surface area contributed by atoms with Crippen molar-refractivity contribution in [2.24, 2.45) is 0 Å². The van der Waals surface area contributed by atoms with Gasteiger partial charge in [0.05, 0.1) is 6.10 Å². The van der Waals surface area contributed by atoms with E-state index in [1.807, 2.05) is 91.9 Å². The second-order valence-electron chi connectivity index (χ2n) is 9.25. The summed E-state index contributed by atoms with van der Waals surface area (Å²) >= 11 is 0. The standard InChI is InChI=1S/C18H18O3.C12H10O.C6H10O3/c1-3-18(19)20-13-14(2)21-17-11-9-16(10-12-17)15-7-5-4-6-8-15;13-12-8-6-11(7-9-12)10-4-2-1-3-5-10;1-3-6(8)9-4-5(2)7/h3-12,14H,1,13H2,2H3;1-9,13H;3,5,7H,1,4H2,2H3. The van der Waals surface area contributed by atoms with E-state index >= 15 is 0 Å². The van der Waals surface area contributed by atoms with E-state index in [0.29, 0.717) is 5.75 Å². The first kappa shape index (κ1) is 34.1. The number of rotatable bonds is 10. The first-order valence-electron chi connectivity index (χ1n) is 13.6. The summed E-state index contributed by atoms with van der Waals surface area (Å²) in [5, 5.41) is 17.7. The molecule has 43 heavy (non-hydrogen) atoms. The molecule has 2 atom stereocenters. The number of carbonyl (C=O) groups excluding carboxylic acids is 2. The summed E-state index contributed by atoms with van der Waals surface area (Å²) in [6.45, 7) is 10.1. The summed E-state index contributed by atoms with van der Waals surface area (Å²) in [6, 6.07) is 35.3. The molecule has 4 aromatic carbocycles. The van der Waals surface area contributed by atoms with Crippen LogP contribution in [0.3, 0.4) is 0 Å². The second kappa shape index (κ2) is 19.1. The van der Waals surface area contributed by atoms with E-state index in [4.69, 9.17) is 19.7 Å². The summed E-state index contributed by atoms with van der Waals surface area (Å²) in [5.74, 6) is 0.109. The molecule has 4 aromatic rings. The highest BCUT2D eigenvalue weighted by atomic mass is 16.6. The Kier molecular flexibility index (Phi) is 15.1. The third kappa shape index (κ3) is 13.9. The van der Waals surface area contributed by atoms with Gasteiger partial charge in [-0.05, 0) is 60.4 Å². The Morgan fingerprint density at radius 1 is 0.651 bits per heavy atom. The van der Waals surface area contributed by atoms with Crippen LogP contribution in [0.5, 0.6) is 11.5 Å². The molecule has 224 valence electrons. The smallest absolute Gasteiger partial charge is 0.330 e.